The summed E-state index contributed by atoms with van der Waals surface area (Å²) < 4.78 is 41.6. The first-order valence-corrected chi connectivity index (χ1v) is 6.32. The van der Waals surface area contributed by atoms with Crippen molar-refractivity contribution in [2.45, 2.75) is 44.4 Å². The first kappa shape index (κ1) is 14.4. The molecule has 1 saturated heterocycles. The molecule has 19 heavy (non-hydrogen) atoms. The number of alkyl halides is 2. The summed E-state index contributed by atoms with van der Waals surface area (Å²) in [6, 6.07) is 9.49. The maximum atomic E-state index is 12.9. The van der Waals surface area contributed by atoms with Crippen LogP contribution in [0.1, 0.15) is 18.4 Å². The highest BCUT2D eigenvalue weighted by atomic mass is 19.3. The molecule has 0 N–H and O–H groups in total. The first-order chi connectivity index (χ1) is 9.20. The molecule has 1 fully saturated rings. The van der Waals surface area contributed by atoms with E-state index in [0.29, 0.717) is 19.4 Å². The SMILES string of the molecule is CO[C@@H]1CC[C@H](OCc2ccccc2)[C@@H](C(F)F)O1. The van der Waals surface area contributed by atoms with Crippen molar-refractivity contribution in [3.63, 3.8) is 0 Å². The minimum Gasteiger partial charge on any atom is -0.371 e. The average molecular weight is 272 g/mol. The van der Waals surface area contributed by atoms with E-state index in [9.17, 15) is 8.78 Å². The third kappa shape index (κ3) is 3.96. The molecule has 1 aromatic carbocycles. The Hall–Kier alpha value is -1.04. The van der Waals surface area contributed by atoms with Crippen LogP contribution < -0.4 is 0 Å². The monoisotopic (exact) mass is 272 g/mol. The first-order valence-electron chi connectivity index (χ1n) is 6.32. The molecule has 3 nitrogen and oxygen atoms in total. The summed E-state index contributed by atoms with van der Waals surface area (Å²) in [5.41, 5.74) is 0.962. The molecule has 3 atom stereocenters. The molecule has 0 unspecified atom stereocenters. The lowest BCUT2D eigenvalue weighted by Gasteiger charge is -2.35. The van der Waals surface area contributed by atoms with Gasteiger partial charge >= 0.3 is 0 Å². The van der Waals surface area contributed by atoms with Crippen molar-refractivity contribution in [1.82, 2.24) is 0 Å². The second kappa shape index (κ2) is 6.93. The fourth-order valence-electron chi connectivity index (χ4n) is 2.15. The molecule has 106 valence electrons. The standard InChI is InChI=1S/C14H18F2O3/c1-17-12-8-7-11(13(19-12)14(15)16)18-9-10-5-3-2-4-6-10/h2-6,11-14H,7-9H2,1H3/t11-,12-,13-/m0/s1. The molecule has 0 saturated carbocycles. The Morgan fingerprint density at radius 2 is 2.00 bits per heavy atom. The van der Waals surface area contributed by atoms with Crippen LogP contribution >= 0.6 is 0 Å². The Balaban J connectivity index is 1.91. The average Bonchev–Trinajstić information content (AvgIpc) is 2.46. The van der Waals surface area contributed by atoms with Gasteiger partial charge in [0.15, 0.2) is 6.29 Å². The number of benzene rings is 1. The molecule has 2 rings (SSSR count). The van der Waals surface area contributed by atoms with Gasteiger partial charge in [-0.05, 0) is 12.0 Å². The van der Waals surface area contributed by atoms with Crippen molar-refractivity contribution >= 4 is 0 Å². The maximum absolute atomic E-state index is 12.9. The van der Waals surface area contributed by atoms with Crippen molar-refractivity contribution in [3.05, 3.63) is 35.9 Å². The van der Waals surface area contributed by atoms with Crippen molar-refractivity contribution in [1.29, 1.82) is 0 Å². The predicted octanol–water partition coefficient (Wildman–Crippen LogP) is 2.99. The number of hydrogen-bond acceptors (Lipinski definition) is 3. The number of hydrogen-bond donors (Lipinski definition) is 0. The van der Waals surface area contributed by atoms with Crippen LogP contribution in [0.25, 0.3) is 0 Å². The van der Waals surface area contributed by atoms with Gasteiger partial charge in [-0.25, -0.2) is 8.78 Å². The van der Waals surface area contributed by atoms with E-state index in [4.69, 9.17) is 14.2 Å². The Morgan fingerprint density at radius 1 is 1.26 bits per heavy atom. The van der Waals surface area contributed by atoms with Gasteiger partial charge in [-0.3, -0.25) is 0 Å². The summed E-state index contributed by atoms with van der Waals surface area (Å²) in [7, 11) is 1.46. The van der Waals surface area contributed by atoms with Gasteiger partial charge in [0.2, 0.25) is 0 Å². The second-order valence-electron chi connectivity index (χ2n) is 4.51. The third-order valence-electron chi connectivity index (χ3n) is 3.18. The fraction of sp³-hybridized carbons (Fsp3) is 0.571. The van der Waals surface area contributed by atoms with E-state index in [1.807, 2.05) is 30.3 Å². The predicted molar refractivity (Wildman–Crippen MR) is 65.9 cm³/mol. The summed E-state index contributed by atoms with van der Waals surface area (Å²) >= 11 is 0. The van der Waals surface area contributed by atoms with Gasteiger partial charge in [0, 0.05) is 13.5 Å². The number of halogens is 2. The Kier molecular flexibility index (Phi) is 5.24. The van der Waals surface area contributed by atoms with Gasteiger partial charge in [-0.15, -0.1) is 0 Å². The molecule has 1 aliphatic heterocycles. The zero-order valence-corrected chi connectivity index (χ0v) is 10.8. The van der Waals surface area contributed by atoms with Crippen molar-refractivity contribution < 1.29 is 23.0 Å². The third-order valence-corrected chi connectivity index (χ3v) is 3.18. The molecule has 0 bridgehead atoms. The van der Waals surface area contributed by atoms with Crippen molar-refractivity contribution in [2.24, 2.45) is 0 Å². The van der Waals surface area contributed by atoms with Gasteiger partial charge in [0.25, 0.3) is 6.43 Å². The van der Waals surface area contributed by atoms with Crippen LogP contribution in [0.3, 0.4) is 0 Å². The van der Waals surface area contributed by atoms with Crippen molar-refractivity contribution in [3.8, 4) is 0 Å². The molecule has 0 aromatic heterocycles. The lowest BCUT2D eigenvalue weighted by atomic mass is 10.0. The van der Waals surface area contributed by atoms with Crippen LogP contribution in [-0.4, -0.2) is 32.0 Å². The van der Waals surface area contributed by atoms with E-state index in [1.54, 1.807) is 0 Å². The van der Waals surface area contributed by atoms with E-state index in [-0.39, 0.29) is 0 Å². The van der Waals surface area contributed by atoms with E-state index in [1.165, 1.54) is 7.11 Å². The summed E-state index contributed by atoms with van der Waals surface area (Å²) in [6.07, 6.45) is -3.86. The van der Waals surface area contributed by atoms with Crippen LogP contribution in [0.2, 0.25) is 0 Å². The smallest absolute Gasteiger partial charge is 0.267 e. The lowest BCUT2D eigenvalue weighted by Crippen LogP contribution is -2.45. The van der Waals surface area contributed by atoms with Gasteiger partial charge in [0.1, 0.15) is 6.10 Å². The normalized spacial score (nSPS) is 27.7. The molecular formula is C14H18F2O3. The maximum Gasteiger partial charge on any atom is 0.267 e. The Labute approximate surface area is 111 Å². The molecule has 5 heteroatoms. The number of rotatable bonds is 5. The lowest BCUT2D eigenvalue weighted by molar-refractivity contribution is -0.250. The summed E-state index contributed by atoms with van der Waals surface area (Å²) in [5.74, 6) is 0. The van der Waals surface area contributed by atoms with Gasteiger partial charge in [-0.1, -0.05) is 30.3 Å². The van der Waals surface area contributed by atoms with Gasteiger partial charge in [-0.2, -0.15) is 0 Å². The quantitative estimate of drug-likeness (QED) is 0.824. The van der Waals surface area contributed by atoms with Crippen molar-refractivity contribution in [2.75, 3.05) is 7.11 Å². The van der Waals surface area contributed by atoms with Crippen LogP contribution in [0.5, 0.6) is 0 Å². The topological polar surface area (TPSA) is 27.7 Å². The summed E-state index contributed by atoms with van der Waals surface area (Å²) in [5, 5.41) is 0. The zero-order chi connectivity index (χ0) is 13.7. The van der Waals surface area contributed by atoms with E-state index < -0.39 is 24.9 Å². The highest BCUT2D eigenvalue weighted by Gasteiger charge is 2.38. The molecule has 0 spiro atoms. The molecule has 0 amide bonds. The Morgan fingerprint density at radius 3 is 2.63 bits per heavy atom. The fourth-order valence-corrected chi connectivity index (χ4v) is 2.15. The van der Waals surface area contributed by atoms with Crippen LogP contribution in [0, 0.1) is 0 Å². The minimum absolute atomic E-state index is 0.315. The minimum atomic E-state index is -2.57. The molecule has 0 aliphatic carbocycles. The van der Waals surface area contributed by atoms with Crippen LogP contribution in [0.15, 0.2) is 30.3 Å². The molecule has 1 heterocycles. The summed E-state index contributed by atoms with van der Waals surface area (Å²) in [6.45, 7) is 0.315. The van der Waals surface area contributed by atoms with E-state index in [2.05, 4.69) is 0 Å². The highest BCUT2D eigenvalue weighted by Crippen LogP contribution is 2.27. The number of methoxy groups -OCH3 is 1. The molecule has 1 aromatic rings. The van der Waals surface area contributed by atoms with E-state index in [0.717, 1.165) is 5.56 Å². The van der Waals surface area contributed by atoms with Gasteiger partial charge < -0.3 is 14.2 Å². The number of ether oxygens (including phenoxy) is 3. The van der Waals surface area contributed by atoms with Crippen LogP contribution in [0.4, 0.5) is 8.78 Å². The van der Waals surface area contributed by atoms with Crippen LogP contribution in [-0.2, 0) is 20.8 Å². The zero-order valence-electron chi connectivity index (χ0n) is 10.8. The molecule has 0 radical (unpaired) electrons. The van der Waals surface area contributed by atoms with E-state index >= 15 is 0 Å². The van der Waals surface area contributed by atoms with Gasteiger partial charge in [0.05, 0.1) is 12.7 Å². The molecular weight excluding hydrogens is 254 g/mol. The molecule has 1 aliphatic rings. The largest absolute Gasteiger partial charge is 0.371 e. The Bertz CT molecular complexity index is 372. The second-order valence-corrected chi connectivity index (χ2v) is 4.51. The highest BCUT2D eigenvalue weighted by molar-refractivity contribution is 5.13. The summed E-state index contributed by atoms with van der Waals surface area (Å²) in [4.78, 5) is 0.